The Hall–Kier alpha value is -2.86. The van der Waals surface area contributed by atoms with Gasteiger partial charge in [0.1, 0.15) is 5.75 Å². The van der Waals surface area contributed by atoms with E-state index >= 15 is 0 Å². The molecule has 1 aliphatic carbocycles. The van der Waals surface area contributed by atoms with Crippen LogP contribution in [-0.2, 0) is 28.9 Å². The molecule has 1 fully saturated rings. The third-order valence-electron chi connectivity index (χ3n) is 5.99. The van der Waals surface area contributed by atoms with Crippen LogP contribution in [-0.4, -0.2) is 32.1 Å². The normalized spacial score (nSPS) is 17.5. The zero-order valence-corrected chi connectivity index (χ0v) is 17.5. The molecule has 0 saturated carbocycles. The summed E-state index contributed by atoms with van der Waals surface area (Å²) in [6.07, 6.45) is 4.06. The van der Waals surface area contributed by atoms with E-state index in [4.69, 9.17) is 9.47 Å². The standard InChI is InChI=1S/C24H28N2O4/c1-15-6-7-18(11-21(15)26-24(28)19-8-9-30-14-19)23(27)25-13-20-10-16-4-3-5-17(16)12-22(20)29-2/h6-7,10-12,19H,3-5,8-9,13-14H2,1-2H3,(H,25,27)(H,26,28). The van der Waals surface area contributed by atoms with Gasteiger partial charge >= 0.3 is 0 Å². The number of anilines is 1. The van der Waals surface area contributed by atoms with Gasteiger partial charge in [-0.25, -0.2) is 0 Å². The van der Waals surface area contributed by atoms with Gasteiger partial charge in [-0.1, -0.05) is 12.1 Å². The SMILES string of the molecule is COc1cc2c(cc1CNC(=O)c1ccc(C)c(NC(=O)C3CCOC3)c1)CCC2. The number of hydrogen-bond donors (Lipinski definition) is 2. The Bertz CT molecular complexity index is 964. The zero-order chi connectivity index (χ0) is 21.1. The highest BCUT2D eigenvalue weighted by atomic mass is 16.5. The molecule has 1 atom stereocenters. The smallest absolute Gasteiger partial charge is 0.251 e. The Morgan fingerprint density at radius 2 is 1.97 bits per heavy atom. The van der Waals surface area contributed by atoms with E-state index in [0.717, 1.165) is 36.1 Å². The summed E-state index contributed by atoms with van der Waals surface area (Å²) >= 11 is 0. The molecule has 2 amide bonds. The number of rotatable bonds is 6. The number of nitrogens with one attached hydrogen (secondary N) is 2. The number of carbonyl (C=O) groups excluding carboxylic acids is 2. The minimum absolute atomic E-state index is 0.0592. The van der Waals surface area contributed by atoms with Gasteiger partial charge in [0.25, 0.3) is 5.91 Å². The van der Waals surface area contributed by atoms with Crippen LogP contribution in [0.4, 0.5) is 5.69 Å². The summed E-state index contributed by atoms with van der Waals surface area (Å²) in [6.45, 7) is 3.38. The van der Waals surface area contributed by atoms with E-state index in [-0.39, 0.29) is 17.7 Å². The van der Waals surface area contributed by atoms with Gasteiger partial charge in [-0.2, -0.15) is 0 Å². The number of carbonyl (C=O) groups is 2. The third-order valence-corrected chi connectivity index (χ3v) is 5.99. The molecule has 4 rings (SSSR count). The van der Waals surface area contributed by atoms with Crippen molar-refractivity contribution in [1.29, 1.82) is 0 Å². The number of methoxy groups -OCH3 is 1. The molecule has 1 heterocycles. The predicted octanol–water partition coefficient (Wildman–Crippen LogP) is 3.40. The van der Waals surface area contributed by atoms with Crippen molar-refractivity contribution in [3.8, 4) is 5.75 Å². The molecule has 2 aliphatic rings. The summed E-state index contributed by atoms with van der Waals surface area (Å²) in [6, 6.07) is 9.60. The molecule has 1 unspecified atom stereocenters. The van der Waals surface area contributed by atoms with E-state index in [9.17, 15) is 9.59 Å². The number of fused-ring (bicyclic) bond motifs is 1. The van der Waals surface area contributed by atoms with Crippen LogP contribution in [0.5, 0.6) is 5.75 Å². The van der Waals surface area contributed by atoms with Crippen LogP contribution >= 0.6 is 0 Å². The highest BCUT2D eigenvalue weighted by Gasteiger charge is 2.24. The summed E-state index contributed by atoms with van der Waals surface area (Å²) in [7, 11) is 1.66. The second-order valence-corrected chi connectivity index (χ2v) is 8.05. The molecule has 2 aromatic rings. The van der Waals surface area contributed by atoms with Gasteiger partial charge in [-0.3, -0.25) is 9.59 Å². The quantitative estimate of drug-likeness (QED) is 0.768. The highest BCUT2D eigenvalue weighted by Crippen LogP contribution is 2.30. The van der Waals surface area contributed by atoms with Crippen molar-refractivity contribution in [2.24, 2.45) is 5.92 Å². The molecule has 2 N–H and O–H groups in total. The maximum Gasteiger partial charge on any atom is 0.251 e. The fourth-order valence-corrected chi connectivity index (χ4v) is 4.13. The molecule has 0 radical (unpaired) electrons. The van der Waals surface area contributed by atoms with Crippen LogP contribution in [0.15, 0.2) is 30.3 Å². The summed E-state index contributed by atoms with van der Waals surface area (Å²) in [5.41, 5.74) is 5.76. The summed E-state index contributed by atoms with van der Waals surface area (Å²) < 4.78 is 10.8. The number of ether oxygens (including phenoxy) is 2. The lowest BCUT2D eigenvalue weighted by atomic mass is 10.0. The molecular formula is C24H28N2O4. The van der Waals surface area contributed by atoms with E-state index in [0.29, 0.717) is 31.0 Å². The molecule has 1 saturated heterocycles. The number of benzene rings is 2. The van der Waals surface area contributed by atoms with Crippen molar-refractivity contribution in [3.05, 3.63) is 58.1 Å². The maximum atomic E-state index is 12.8. The number of hydrogen-bond acceptors (Lipinski definition) is 4. The molecule has 0 spiro atoms. The molecule has 6 heteroatoms. The molecule has 0 bridgehead atoms. The van der Waals surface area contributed by atoms with Gasteiger partial charge in [-0.05, 0) is 67.5 Å². The van der Waals surface area contributed by atoms with Crippen molar-refractivity contribution in [1.82, 2.24) is 5.32 Å². The van der Waals surface area contributed by atoms with Gasteiger partial charge in [-0.15, -0.1) is 0 Å². The Morgan fingerprint density at radius 1 is 1.17 bits per heavy atom. The second kappa shape index (κ2) is 8.88. The second-order valence-electron chi connectivity index (χ2n) is 8.05. The van der Waals surface area contributed by atoms with Gasteiger partial charge < -0.3 is 20.1 Å². The first-order valence-electron chi connectivity index (χ1n) is 10.5. The van der Waals surface area contributed by atoms with Crippen LogP contribution < -0.4 is 15.4 Å². The van der Waals surface area contributed by atoms with Crippen LogP contribution in [0.2, 0.25) is 0 Å². The monoisotopic (exact) mass is 408 g/mol. The Morgan fingerprint density at radius 3 is 2.70 bits per heavy atom. The fourth-order valence-electron chi connectivity index (χ4n) is 4.13. The summed E-state index contributed by atoms with van der Waals surface area (Å²) in [5, 5.41) is 5.93. The molecule has 158 valence electrons. The van der Waals surface area contributed by atoms with Crippen molar-refractivity contribution < 1.29 is 19.1 Å². The minimum atomic E-state index is -0.183. The molecule has 30 heavy (non-hydrogen) atoms. The lowest BCUT2D eigenvalue weighted by Crippen LogP contribution is -2.25. The molecular weight excluding hydrogens is 380 g/mol. The van der Waals surface area contributed by atoms with Crippen molar-refractivity contribution >= 4 is 17.5 Å². The first kappa shape index (κ1) is 20.4. The lowest BCUT2D eigenvalue weighted by molar-refractivity contribution is -0.119. The first-order valence-corrected chi connectivity index (χ1v) is 10.5. The molecule has 0 aromatic heterocycles. The lowest BCUT2D eigenvalue weighted by Gasteiger charge is -2.14. The van der Waals surface area contributed by atoms with Crippen LogP contribution in [0, 0.1) is 12.8 Å². The Kier molecular flexibility index (Phi) is 6.04. The van der Waals surface area contributed by atoms with Crippen molar-refractivity contribution in [3.63, 3.8) is 0 Å². The third kappa shape index (κ3) is 4.33. The van der Waals surface area contributed by atoms with Crippen LogP contribution in [0.1, 0.15) is 45.5 Å². The van der Waals surface area contributed by atoms with Crippen LogP contribution in [0.3, 0.4) is 0 Å². The van der Waals surface area contributed by atoms with E-state index < -0.39 is 0 Å². The first-order chi connectivity index (χ1) is 14.5. The Labute approximate surface area is 177 Å². The van der Waals surface area contributed by atoms with Crippen LogP contribution in [0.25, 0.3) is 0 Å². The van der Waals surface area contributed by atoms with Gasteiger partial charge in [0, 0.05) is 30.0 Å². The average Bonchev–Trinajstić information content (AvgIpc) is 3.44. The average molecular weight is 408 g/mol. The number of aryl methyl sites for hydroxylation is 3. The molecule has 2 aromatic carbocycles. The number of amides is 2. The van der Waals surface area contributed by atoms with E-state index in [1.165, 1.54) is 17.5 Å². The van der Waals surface area contributed by atoms with E-state index in [1.54, 1.807) is 19.2 Å². The summed E-state index contributed by atoms with van der Waals surface area (Å²) in [4.78, 5) is 25.2. The molecule has 1 aliphatic heterocycles. The molecule has 6 nitrogen and oxygen atoms in total. The van der Waals surface area contributed by atoms with Gasteiger partial charge in [0.15, 0.2) is 0 Å². The largest absolute Gasteiger partial charge is 0.496 e. The summed E-state index contributed by atoms with van der Waals surface area (Å²) in [5.74, 6) is 0.439. The van der Waals surface area contributed by atoms with E-state index in [2.05, 4.69) is 22.8 Å². The minimum Gasteiger partial charge on any atom is -0.496 e. The fraction of sp³-hybridized carbons (Fsp3) is 0.417. The van der Waals surface area contributed by atoms with E-state index in [1.807, 2.05) is 13.0 Å². The van der Waals surface area contributed by atoms with Crippen molar-refractivity contribution in [2.75, 3.05) is 25.6 Å². The zero-order valence-electron chi connectivity index (χ0n) is 17.5. The topological polar surface area (TPSA) is 76.7 Å². The van der Waals surface area contributed by atoms with Crippen molar-refractivity contribution in [2.45, 2.75) is 39.2 Å². The predicted molar refractivity (Wildman–Crippen MR) is 115 cm³/mol. The Balaban J connectivity index is 1.44. The highest BCUT2D eigenvalue weighted by molar-refractivity contribution is 5.98. The van der Waals surface area contributed by atoms with Gasteiger partial charge in [0.2, 0.25) is 5.91 Å². The maximum absolute atomic E-state index is 12.8. The van der Waals surface area contributed by atoms with Gasteiger partial charge in [0.05, 0.1) is 19.6 Å².